The molecule has 1 aromatic rings. The highest BCUT2D eigenvalue weighted by molar-refractivity contribution is 5.75. The van der Waals surface area contributed by atoms with Crippen LogP contribution in [0, 0.1) is 0 Å². The van der Waals surface area contributed by atoms with Gasteiger partial charge in [0.05, 0.1) is 0 Å². The molecule has 116 valence electrons. The van der Waals surface area contributed by atoms with Crippen LogP contribution in [0.2, 0.25) is 0 Å². The lowest BCUT2D eigenvalue weighted by atomic mass is 10.0. The average Bonchev–Trinajstić information content (AvgIpc) is 2.50. The van der Waals surface area contributed by atoms with Crippen molar-refractivity contribution < 1.29 is 9.90 Å². The van der Waals surface area contributed by atoms with E-state index in [1.54, 1.807) is 24.5 Å². The zero-order chi connectivity index (χ0) is 15.2. The van der Waals surface area contributed by atoms with Crippen molar-refractivity contribution in [2.45, 2.75) is 38.8 Å². The first-order chi connectivity index (χ1) is 10.2. The van der Waals surface area contributed by atoms with Crippen molar-refractivity contribution in [1.82, 2.24) is 14.8 Å². The van der Waals surface area contributed by atoms with Gasteiger partial charge in [-0.05, 0) is 37.1 Å². The van der Waals surface area contributed by atoms with E-state index < -0.39 is 12.0 Å². The van der Waals surface area contributed by atoms with Crippen molar-refractivity contribution in [3.8, 4) is 0 Å². The molecule has 0 amide bonds. The van der Waals surface area contributed by atoms with Crippen molar-refractivity contribution in [3.63, 3.8) is 0 Å². The molecule has 0 saturated carbocycles. The first kappa shape index (κ1) is 15.9. The van der Waals surface area contributed by atoms with Crippen LogP contribution in [0.4, 0.5) is 0 Å². The lowest BCUT2D eigenvalue weighted by molar-refractivity contribution is -0.145. The SMILES string of the molecule is CCCN1CCN(C(C(=O)O)c2ccncc2)CC1CC. The molecule has 2 unspecified atom stereocenters. The van der Waals surface area contributed by atoms with E-state index in [4.69, 9.17) is 0 Å². The zero-order valence-electron chi connectivity index (χ0n) is 12.9. The van der Waals surface area contributed by atoms with Crippen LogP contribution < -0.4 is 0 Å². The van der Waals surface area contributed by atoms with Gasteiger partial charge in [-0.3, -0.25) is 19.6 Å². The molecule has 1 fully saturated rings. The quantitative estimate of drug-likeness (QED) is 0.869. The van der Waals surface area contributed by atoms with E-state index in [0.717, 1.165) is 44.6 Å². The minimum atomic E-state index is -0.778. The number of carboxylic acids is 1. The number of piperazine rings is 1. The van der Waals surface area contributed by atoms with E-state index in [1.165, 1.54) is 0 Å². The highest BCUT2D eigenvalue weighted by atomic mass is 16.4. The second-order valence-corrected chi connectivity index (χ2v) is 5.61. The van der Waals surface area contributed by atoms with Crippen LogP contribution in [0.5, 0.6) is 0 Å². The second kappa shape index (κ2) is 7.52. The lowest BCUT2D eigenvalue weighted by Gasteiger charge is -2.43. The van der Waals surface area contributed by atoms with Crippen molar-refractivity contribution in [1.29, 1.82) is 0 Å². The predicted octanol–water partition coefficient (Wildman–Crippen LogP) is 2.01. The maximum absolute atomic E-state index is 11.7. The fourth-order valence-corrected chi connectivity index (χ4v) is 3.18. The van der Waals surface area contributed by atoms with Gasteiger partial charge in [0, 0.05) is 38.1 Å². The van der Waals surface area contributed by atoms with E-state index in [9.17, 15) is 9.90 Å². The predicted molar refractivity (Wildman–Crippen MR) is 82.1 cm³/mol. The molecular formula is C16H25N3O2. The average molecular weight is 291 g/mol. The van der Waals surface area contributed by atoms with Crippen LogP contribution in [0.15, 0.2) is 24.5 Å². The van der Waals surface area contributed by atoms with Crippen LogP contribution in [0.25, 0.3) is 0 Å². The molecule has 2 atom stereocenters. The van der Waals surface area contributed by atoms with Gasteiger partial charge in [0.1, 0.15) is 6.04 Å². The summed E-state index contributed by atoms with van der Waals surface area (Å²) in [5, 5.41) is 9.63. The van der Waals surface area contributed by atoms with Gasteiger partial charge in [0.25, 0.3) is 0 Å². The number of pyridine rings is 1. The molecule has 21 heavy (non-hydrogen) atoms. The fourth-order valence-electron chi connectivity index (χ4n) is 3.18. The van der Waals surface area contributed by atoms with E-state index in [0.29, 0.717) is 6.04 Å². The molecule has 0 aromatic carbocycles. The van der Waals surface area contributed by atoms with Gasteiger partial charge >= 0.3 is 5.97 Å². The maximum Gasteiger partial charge on any atom is 0.325 e. The monoisotopic (exact) mass is 291 g/mol. The lowest BCUT2D eigenvalue weighted by Crippen LogP contribution is -2.54. The molecule has 1 saturated heterocycles. The Balaban J connectivity index is 2.14. The van der Waals surface area contributed by atoms with Crippen LogP contribution in [0.3, 0.4) is 0 Å². The van der Waals surface area contributed by atoms with Crippen molar-refractivity contribution in [3.05, 3.63) is 30.1 Å². The molecule has 1 N–H and O–H groups in total. The van der Waals surface area contributed by atoms with Gasteiger partial charge in [-0.2, -0.15) is 0 Å². The third-order valence-corrected chi connectivity index (χ3v) is 4.24. The molecule has 1 aromatic heterocycles. The first-order valence-corrected chi connectivity index (χ1v) is 7.78. The van der Waals surface area contributed by atoms with Crippen molar-refractivity contribution in [2.75, 3.05) is 26.2 Å². The topological polar surface area (TPSA) is 56.7 Å². The Kier molecular flexibility index (Phi) is 5.70. The number of aliphatic carboxylic acids is 1. The summed E-state index contributed by atoms with van der Waals surface area (Å²) >= 11 is 0. The molecule has 2 heterocycles. The maximum atomic E-state index is 11.7. The summed E-state index contributed by atoms with van der Waals surface area (Å²) in [6.07, 6.45) is 5.52. The van der Waals surface area contributed by atoms with Crippen LogP contribution in [-0.4, -0.2) is 58.1 Å². The highest BCUT2D eigenvalue weighted by Crippen LogP contribution is 2.25. The second-order valence-electron chi connectivity index (χ2n) is 5.61. The molecule has 5 nitrogen and oxygen atoms in total. The fraction of sp³-hybridized carbons (Fsp3) is 0.625. The summed E-state index contributed by atoms with van der Waals surface area (Å²) in [6, 6.07) is 3.49. The molecule has 1 aliphatic heterocycles. The summed E-state index contributed by atoms with van der Waals surface area (Å²) < 4.78 is 0. The standard InChI is InChI=1S/C16H25N3O2/c1-3-9-18-10-11-19(12-14(18)4-2)15(16(20)21)13-5-7-17-8-6-13/h5-8,14-15H,3-4,9-12H2,1-2H3,(H,20,21). The third-order valence-electron chi connectivity index (χ3n) is 4.24. The van der Waals surface area contributed by atoms with Crippen molar-refractivity contribution in [2.24, 2.45) is 0 Å². The molecule has 1 aliphatic rings. The molecule has 0 bridgehead atoms. The van der Waals surface area contributed by atoms with Gasteiger partial charge in [-0.25, -0.2) is 0 Å². The van der Waals surface area contributed by atoms with E-state index in [1.807, 2.05) is 0 Å². The Morgan fingerprint density at radius 3 is 2.67 bits per heavy atom. The van der Waals surface area contributed by atoms with E-state index in [-0.39, 0.29) is 0 Å². The van der Waals surface area contributed by atoms with Crippen molar-refractivity contribution >= 4 is 5.97 Å². The first-order valence-electron chi connectivity index (χ1n) is 7.78. The number of rotatable bonds is 6. The number of hydrogen-bond acceptors (Lipinski definition) is 4. The Morgan fingerprint density at radius 1 is 1.38 bits per heavy atom. The summed E-state index contributed by atoms with van der Waals surface area (Å²) in [7, 11) is 0. The summed E-state index contributed by atoms with van der Waals surface area (Å²) in [4.78, 5) is 20.3. The highest BCUT2D eigenvalue weighted by Gasteiger charge is 2.33. The molecule has 0 aliphatic carbocycles. The molecule has 2 rings (SSSR count). The summed E-state index contributed by atoms with van der Waals surface area (Å²) in [6.45, 7) is 8.03. The van der Waals surface area contributed by atoms with Crippen LogP contribution in [0.1, 0.15) is 38.3 Å². The Morgan fingerprint density at radius 2 is 2.10 bits per heavy atom. The van der Waals surface area contributed by atoms with Gasteiger partial charge in [0.2, 0.25) is 0 Å². The third kappa shape index (κ3) is 3.80. The normalized spacial score (nSPS) is 22.1. The zero-order valence-corrected chi connectivity index (χ0v) is 12.9. The Bertz CT molecular complexity index is 452. The van der Waals surface area contributed by atoms with E-state index >= 15 is 0 Å². The number of carbonyl (C=O) groups is 1. The van der Waals surface area contributed by atoms with E-state index in [2.05, 4.69) is 28.6 Å². The molecule has 0 spiro atoms. The van der Waals surface area contributed by atoms with Gasteiger partial charge < -0.3 is 5.11 Å². The minimum absolute atomic E-state index is 0.447. The molecular weight excluding hydrogens is 266 g/mol. The smallest absolute Gasteiger partial charge is 0.325 e. The summed E-state index contributed by atoms with van der Waals surface area (Å²) in [5.74, 6) is -0.778. The Labute approximate surface area is 126 Å². The van der Waals surface area contributed by atoms with Gasteiger partial charge in [-0.15, -0.1) is 0 Å². The van der Waals surface area contributed by atoms with Gasteiger partial charge in [-0.1, -0.05) is 13.8 Å². The number of nitrogens with zero attached hydrogens (tertiary/aromatic N) is 3. The van der Waals surface area contributed by atoms with Gasteiger partial charge in [0.15, 0.2) is 0 Å². The summed E-state index contributed by atoms with van der Waals surface area (Å²) in [5.41, 5.74) is 0.816. The number of hydrogen-bond donors (Lipinski definition) is 1. The number of aromatic nitrogens is 1. The number of carboxylic acid groups (broad SMARTS) is 1. The largest absolute Gasteiger partial charge is 0.480 e. The van der Waals surface area contributed by atoms with Crippen LogP contribution in [-0.2, 0) is 4.79 Å². The Hall–Kier alpha value is -1.46. The molecule has 5 heteroatoms. The minimum Gasteiger partial charge on any atom is -0.480 e. The molecule has 0 radical (unpaired) electrons. The van der Waals surface area contributed by atoms with Crippen LogP contribution >= 0.6 is 0 Å².